The van der Waals surface area contributed by atoms with E-state index in [0.29, 0.717) is 36.1 Å². The maximum Gasteiger partial charge on any atom is 0.305 e. The lowest BCUT2D eigenvalue weighted by molar-refractivity contribution is -0.150. The molecule has 3 fully saturated rings. The SMILES string of the molecule is COC(=O)CCC[C@]12C[C@H]3SC[C@@](NC(=O)c4ccccc4)(C3=O)[C@]1(O)[C@@H](NC(=O)c1ccccc1)CS2. The van der Waals surface area contributed by atoms with Gasteiger partial charge >= 0.3 is 5.97 Å². The molecule has 3 N–H and O–H groups in total. The fraction of sp³-hybridized carbons (Fsp3) is 0.429. The van der Waals surface area contributed by atoms with Crippen LogP contribution in [0.5, 0.6) is 0 Å². The third-order valence-corrected chi connectivity index (χ3v) is 11.1. The van der Waals surface area contributed by atoms with Gasteiger partial charge in [-0.3, -0.25) is 19.2 Å². The van der Waals surface area contributed by atoms with Gasteiger partial charge in [-0.05, 0) is 43.5 Å². The van der Waals surface area contributed by atoms with Gasteiger partial charge < -0.3 is 20.5 Å². The van der Waals surface area contributed by atoms with Gasteiger partial charge in [0.05, 0.1) is 23.1 Å². The summed E-state index contributed by atoms with van der Waals surface area (Å²) in [6.07, 6.45) is 1.43. The highest BCUT2D eigenvalue weighted by atomic mass is 32.2. The summed E-state index contributed by atoms with van der Waals surface area (Å²) in [5.74, 6) is -0.829. The van der Waals surface area contributed by atoms with Crippen LogP contribution in [0.3, 0.4) is 0 Å². The van der Waals surface area contributed by atoms with Crippen molar-refractivity contribution in [2.45, 2.75) is 52.9 Å². The number of ether oxygens (including phenoxy) is 1. The molecule has 1 aliphatic carbocycles. The monoisotopic (exact) mass is 554 g/mol. The highest BCUT2D eigenvalue weighted by Crippen LogP contribution is 2.64. The van der Waals surface area contributed by atoms with Crippen LogP contribution in [0.15, 0.2) is 60.7 Å². The van der Waals surface area contributed by atoms with E-state index >= 15 is 0 Å². The van der Waals surface area contributed by atoms with Crippen molar-refractivity contribution in [3.63, 3.8) is 0 Å². The van der Waals surface area contributed by atoms with Gasteiger partial charge in [0.25, 0.3) is 11.8 Å². The van der Waals surface area contributed by atoms with Gasteiger partial charge in [-0.15, -0.1) is 23.5 Å². The Morgan fingerprint density at radius 2 is 1.66 bits per heavy atom. The molecule has 5 rings (SSSR count). The number of rotatable bonds is 8. The molecule has 2 heterocycles. The van der Waals surface area contributed by atoms with E-state index in [0.717, 1.165) is 0 Å². The lowest BCUT2D eigenvalue weighted by atomic mass is 9.59. The van der Waals surface area contributed by atoms with E-state index in [1.165, 1.54) is 30.6 Å². The Bertz CT molecular complexity index is 1240. The highest BCUT2D eigenvalue weighted by Gasteiger charge is 2.78. The van der Waals surface area contributed by atoms with Crippen molar-refractivity contribution in [1.29, 1.82) is 0 Å². The van der Waals surface area contributed by atoms with Crippen LogP contribution in [0.2, 0.25) is 0 Å². The summed E-state index contributed by atoms with van der Waals surface area (Å²) in [5.41, 5.74) is -2.57. The number of aliphatic hydroxyl groups is 1. The molecule has 1 saturated carbocycles. The molecule has 0 unspecified atom stereocenters. The molecule has 2 aliphatic heterocycles. The predicted octanol–water partition coefficient (Wildman–Crippen LogP) is 2.60. The van der Waals surface area contributed by atoms with E-state index < -0.39 is 33.1 Å². The zero-order valence-corrected chi connectivity index (χ0v) is 22.6. The second kappa shape index (κ2) is 10.4. The molecule has 38 heavy (non-hydrogen) atoms. The van der Waals surface area contributed by atoms with E-state index in [-0.39, 0.29) is 29.8 Å². The number of esters is 1. The number of hydrogen-bond donors (Lipinski definition) is 3. The second-order valence-corrected chi connectivity index (χ2v) is 12.6. The Morgan fingerprint density at radius 3 is 2.29 bits per heavy atom. The Labute approximate surface area is 229 Å². The normalized spacial score (nSPS) is 31.4. The first-order valence-electron chi connectivity index (χ1n) is 12.6. The highest BCUT2D eigenvalue weighted by molar-refractivity contribution is 8.02. The van der Waals surface area contributed by atoms with Crippen molar-refractivity contribution in [2.75, 3.05) is 18.6 Å². The standard InChI is InChI=1S/C28H30N2O6S2/c1-36-22(31)13-8-14-26-15-20-23(32)27(17-37-20,30-25(34)19-11-6-3-7-12-19)28(26,35)21(16-38-26)29-24(33)18-9-4-2-5-10-18/h2-7,9-12,20-21,35H,8,13-17H2,1H3,(H,29,33)(H,30,34)/t20-,21+,26+,27-,28+/m1/s1. The van der Waals surface area contributed by atoms with Crippen LogP contribution in [-0.2, 0) is 14.3 Å². The molecule has 0 spiro atoms. The number of amides is 2. The topological polar surface area (TPSA) is 122 Å². The second-order valence-electron chi connectivity index (χ2n) is 9.99. The quantitative estimate of drug-likeness (QED) is 0.426. The number of carbonyl (C=O) groups excluding carboxylic acids is 4. The first-order chi connectivity index (χ1) is 18.3. The summed E-state index contributed by atoms with van der Waals surface area (Å²) in [6.45, 7) is 0. The Hall–Kier alpha value is -2.82. The molecular weight excluding hydrogens is 524 g/mol. The van der Waals surface area contributed by atoms with Gasteiger partial charge in [-0.2, -0.15) is 0 Å². The fourth-order valence-corrected chi connectivity index (χ4v) is 9.76. The van der Waals surface area contributed by atoms with Gasteiger partial charge in [0, 0.05) is 29.1 Å². The number of carbonyl (C=O) groups is 4. The smallest absolute Gasteiger partial charge is 0.305 e. The van der Waals surface area contributed by atoms with Gasteiger partial charge in [-0.1, -0.05) is 36.4 Å². The number of hydrogen-bond acceptors (Lipinski definition) is 8. The lowest BCUT2D eigenvalue weighted by Crippen LogP contribution is -2.82. The van der Waals surface area contributed by atoms with Crippen molar-refractivity contribution in [2.24, 2.45) is 0 Å². The minimum absolute atomic E-state index is 0.172. The number of nitrogens with one attached hydrogen (secondary N) is 2. The minimum Gasteiger partial charge on any atom is -0.469 e. The number of benzene rings is 2. The Kier molecular flexibility index (Phi) is 7.32. The van der Waals surface area contributed by atoms with E-state index in [9.17, 15) is 24.3 Å². The maximum atomic E-state index is 13.9. The summed E-state index contributed by atoms with van der Waals surface area (Å²) in [6, 6.07) is 16.5. The molecule has 2 saturated heterocycles. The van der Waals surface area contributed by atoms with Crippen LogP contribution in [-0.4, -0.2) is 74.5 Å². The number of fused-ring (bicyclic) bond motifs is 4. The molecule has 3 aliphatic rings. The lowest BCUT2D eigenvalue weighted by Gasteiger charge is -2.56. The number of ketones is 1. The van der Waals surface area contributed by atoms with Crippen molar-refractivity contribution < 1.29 is 29.0 Å². The van der Waals surface area contributed by atoms with Crippen molar-refractivity contribution in [3.8, 4) is 0 Å². The molecule has 200 valence electrons. The summed E-state index contributed by atoms with van der Waals surface area (Å²) < 4.78 is 3.95. The van der Waals surface area contributed by atoms with E-state index in [4.69, 9.17) is 4.74 Å². The number of thioether (sulfide) groups is 2. The van der Waals surface area contributed by atoms with Crippen LogP contribution in [0.1, 0.15) is 46.4 Å². The van der Waals surface area contributed by atoms with Crippen molar-refractivity contribution in [3.05, 3.63) is 71.8 Å². The van der Waals surface area contributed by atoms with E-state index in [1.54, 1.807) is 54.6 Å². The first-order valence-corrected chi connectivity index (χ1v) is 14.6. The van der Waals surface area contributed by atoms with Crippen LogP contribution >= 0.6 is 23.5 Å². The molecule has 2 bridgehead atoms. The molecule has 5 atom stereocenters. The average molecular weight is 555 g/mol. The van der Waals surface area contributed by atoms with Crippen LogP contribution < -0.4 is 10.6 Å². The summed E-state index contributed by atoms with van der Waals surface area (Å²) >= 11 is 2.95. The van der Waals surface area contributed by atoms with E-state index in [2.05, 4.69) is 10.6 Å². The van der Waals surface area contributed by atoms with Gasteiger partial charge in [-0.25, -0.2) is 0 Å². The molecule has 2 aromatic carbocycles. The van der Waals surface area contributed by atoms with Gasteiger partial charge in [0.15, 0.2) is 5.78 Å². The molecule has 2 aromatic rings. The van der Waals surface area contributed by atoms with Crippen molar-refractivity contribution in [1.82, 2.24) is 10.6 Å². The zero-order chi connectivity index (χ0) is 27.0. The van der Waals surface area contributed by atoms with E-state index in [1.807, 2.05) is 6.07 Å². The van der Waals surface area contributed by atoms with Crippen molar-refractivity contribution >= 4 is 47.1 Å². The van der Waals surface area contributed by atoms with Crippen LogP contribution in [0.4, 0.5) is 0 Å². The predicted molar refractivity (Wildman–Crippen MR) is 146 cm³/mol. The largest absolute Gasteiger partial charge is 0.469 e. The molecule has 2 amide bonds. The number of methoxy groups -OCH3 is 1. The molecule has 0 radical (unpaired) electrons. The fourth-order valence-electron chi connectivity index (χ4n) is 6.10. The number of Topliss-reactive ketones (excluding diaryl/α,β-unsaturated/α-hetero) is 1. The minimum atomic E-state index is -1.78. The Morgan fingerprint density at radius 1 is 1.03 bits per heavy atom. The van der Waals surface area contributed by atoms with Gasteiger partial charge in [0.1, 0.15) is 11.1 Å². The van der Waals surface area contributed by atoms with Crippen LogP contribution in [0, 0.1) is 0 Å². The molecular formula is C28H30N2O6S2. The Balaban J connectivity index is 1.54. The summed E-state index contributed by atoms with van der Waals surface area (Å²) in [4.78, 5) is 52.4. The van der Waals surface area contributed by atoms with Crippen LogP contribution in [0.25, 0.3) is 0 Å². The molecule has 10 heteroatoms. The zero-order valence-electron chi connectivity index (χ0n) is 21.0. The third-order valence-electron chi connectivity index (χ3n) is 8.00. The summed E-state index contributed by atoms with van der Waals surface area (Å²) in [7, 11) is 1.33. The first kappa shape index (κ1) is 26.8. The molecule has 0 aromatic heterocycles. The average Bonchev–Trinajstić information content (AvgIpc) is 3.36. The van der Waals surface area contributed by atoms with Gasteiger partial charge in [0.2, 0.25) is 0 Å². The third kappa shape index (κ3) is 4.23. The summed E-state index contributed by atoms with van der Waals surface area (Å²) in [5, 5.41) is 18.4. The maximum absolute atomic E-state index is 13.9. The molecule has 8 nitrogen and oxygen atoms in total.